The van der Waals surface area contributed by atoms with Crippen molar-refractivity contribution in [3.05, 3.63) is 24.4 Å². The van der Waals surface area contributed by atoms with Crippen molar-refractivity contribution in [2.75, 3.05) is 19.7 Å². The third-order valence-corrected chi connectivity index (χ3v) is 5.68. The highest BCUT2D eigenvalue weighted by Gasteiger charge is 2.50. The number of carboxylic acid groups (broad SMARTS) is 2. The number of ether oxygens (including phenoxy) is 2. The molecule has 1 atom stereocenters. The van der Waals surface area contributed by atoms with E-state index in [9.17, 15) is 26.3 Å². The number of alkyl halides is 6. The van der Waals surface area contributed by atoms with Crippen LogP contribution in [-0.4, -0.2) is 81.8 Å². The number of halogens is 6. The van der Waals surface area contributed by atoms with Crippen LogP contribution in [0.1, 0.15) is 38.5 Å². The van der Waals surface area contributed by atoms with E-state index >= 15 is 0 Å². The third-order valence-electron chi connectivity index (χ3n) is 5.68. The Bertz CT molecular complexity index is 800. The molecule has 0 amide bonds. The Kier molecular flexibility index (Phi) is 9.72. The summed E-state index contributed by atoms with van der Waals surface area (Å²) >= 11 is 0. The van der Waals surface area contributed by atoms with Gasteiger partial charge in [-0.3, -0.25) is 4.90 Å². The van der Waals surface area contributed by atoms with Crippen molar-refractivity contribution in [1.29, 1.82) is 0 Å². The second-order valence-electron chi connectivity index (χ2n) is 8.38. The Labute approximate surface area is 196 Å². The van der Waals surface area contributed by atoms with Gasteiger partial charge in [0.15, 0.2) is 0 Å². The Morgan fingerprint density at radius 3 is 2.00 bits per heavy atom. The molecule has 198 valence electrons. The predicted octanol–water partition coefficient (Wildman–Crippen LogP) is 3.90. The number of rotatable bonds is 3. The normalized spacial score (nSPS) is 22.2. The molecule has 35 heavy (non-hydrogen) atoms. The van der Waals surface area contributed by atoms with Gasteiger partial charge in [0.1, 0.15) is 6.10 Å². The molecule has 1 unspecified atom stereocenters. The highest BCUT2D eigenvalue weighted by molar-refractivity contribution is 5.73. The maximum absolute atomic E-state index is 10.6. The molecule has 1 aliphatic carbocycles. The largest absolute Gasteiger partial charge is 0.490 e. The number of aliphatic carboxylic acids is 2. The Morgan fingerprint density at radius 2 is 1.54 bits per heavy atom. The number of nitrogens with zero attached hydrogens (tertiary/aromatic N) is 2. The van der Waals surface area contributed by atoms with Gasteiger partial charge in [-0.15, -0.1) is 0 Å². The Hall–Kier alpha value is -2.61. The molecular weight excluding hydrogens is 490 g/mol. The molecule has 0 radical (unpaired) electrons. The van der Waals surface area contributed by atoms with Crippen molar-refractivity contribution in [3.8, 4) is 5.88 Å². The molecule has 0 bridgehead atoms. The topological polar surface area (TPSA) is 109 Å². The van der Waals surface area contributed by atoms with Gasteiger partial charge in [0.2, 0.25) is 5.88 Å². The van der Waals surface area contributed by atoms with E-state index in [2.05, 4.69) is 9.88 Å². The zero-order valence-electron chi connectivity index (χ0n) is 18.5. The highest BCUT2D eigenvalue weighted by atomic mass is 19.4. The molecule has 1 saturated carbocycles. The predicted molar refractivity (Wildman–Crippen MR) is 108 cm³/mol. The first-order valence-electron chi connectivity index (χ1n) is 10.8. The molecule has 3 heterocycles. The van der Waals surface area contributed by atoms with E-state index < -0.39 is 24.3 Å². The molecular formula is C21H26F6N2O6. The minimum absolute atomic E-state index is 0.0558. The average Bonchev–Trinajstić information content (AvgIpc) is 3.27. The summed E-state index contributed by atoms with van der Waals surface area (Å²) in [5.41, 5.74) is 0.0558. The van der Waals surface area contributed by atoms with Gasteiger partial charge in [0, 0.05) is 44.2 Å². The molecule has 2 saturated heterocycles. The van der Waals surface area contributed by atoms with Gasteiger partial charge in [-0.05, 0) is 18.9 Å². The second kappa shape index (κ2) is 11.9. The molecule has 14 heteroatoms. The average molecular weight is 516 g/mol. The fourth-order valence-corrected chi connectivity index (χ4v) is 4.11. The summed E-state index contributed by atoms with van der Waals surface area (Å²) in [5.74, 6) is -4.77. The van der Waals surface area contributed by atoms with Gasteiger partial charge < -0.3 is 19.7 Å². The molecule has 1 spiro atoms. The third kappa shape index (κ3) is 9.17. The van der Waals surface area contributed by atoms with Crippen LogP contribution in [0, 0.1) is 0 Å². The van der Waals surface area contributed by atoms with Gasteiger partial charge in [-0.1, -0.05) is 18.9 Å². The van der Waals surface area contributed by atoms with E-state index in [0.29, 0.717) is 0 Å². The number of pyridine rings is 1. The number of likely N-dealkylation sites (tertiary alicyclic amines) is 1. The lowest BCUT2D eigenvalue weighted by Crippen LogP contribution is -2.68. The Morgan fingerprint density at radius 1 is 1.00 bits per heavy atom. The number of hydrogen-bond acceptors (Lipinski definition) is 6. The van der Waals surface area contributed by atoms with Crippen LogP contribution in [0.5, 0.6) is 5.88 Å². The fourth-order valence-electron chi connectivity index (χ4n) is 4.11. The quantitative estimate of drug-likeness (QED) is 0.583. The minimum atomic E-state index is -5.08. The maximum Gasteiger partial charge on any atom is 0.490 e. The van der Waals surface area contributed by atoms with Crippen LogP contribution >= 0.6 is 0 Å². The van der Waals surface area contributed by atoms with Gasteiger partial charge in [0.25, 0.3) is 0 Å². The first kappa shape index (κ1) is 28.6. The van der Waals surface area contributed by atoms with Crippen LogP contribution in [0.4, 0.5) is 26.3 Å². The van der Waals surface area contributed by atoms with Crippen LogP contribution in [0.3, 0.4) is 0 Å². The van der Waals surface area contributed by atoms with Crippen molar-refractivity contribution < 1.29 is 55.6 Å². The first-order chi connectivity index (χ1) is 16.2. The van der Waals surface area contributed by atoms with Crippen molar-refractivity contribution >= 4 is 11.9 Å². The summed E-state index contributed by atoms with van der Waals surface area (Å²) in [6.07, 6.45) is -0.585. The lowest BCUT2D eigenvalue weighted by atomic mass is 9.83. The van der Waals surface area contributed by atoms with Crippen LogP contribution in [0.2, 0.25) is 0 Å². The molecule has 2 N–H and O–H groups in total. The van der Waals surface area contributed by atoms with E-state index in [1.54, 1.807) is 6.20 Å². The van der Waals surface area contributed by atoms with E-state index in [1.165, 1.54) is 25.7 Å². The van der Waals surface area contributed by atoms with Crippen LogP contribution in [0.15, 0.2) is 24.4 Å². The van der Waals surface area contributed by atoms with Crippen molar-refractivity contribution in [2.24, 2.45) is 0 Å². The fraction of sp³-hybridized carbons (Fsp3) is 0.667. The maximum atomic E-state index is 10.6. The van der Waals surface area contributed by atoms with Gasteiger partial charge in [-0.2, -0.15) is 26.3 Å². The first-order valence-corrected chi connectivity index (χ1v) is 10.8. The van der Waals surface area contributed by atoms with Crippen molar-refractivity contribution in [2.45, 2.75) is 68.6 Å². The summed E-state index contributed by atoms with van der Waals surface area (Å²) in [7, 11) is 0. The number of hydrogen-bond donors (Lipinski definition) is 2. The monoisotopic (exact) mass is 516 g/mol. The summed E-state index contributed by atoms with van der Waals surface area (Å²) in [6.45, 7) is 3.01. The summed E-state index contributed by atoms with van der Waals surface area (Å²) in [5, 5.41) is 14.2. The molecule has 1 aromatic heterocycles. The second-order valence-corrected chi connectivity index (χ2v) is 8.38. The molecule has 3 aliphatic rings. The van der Waals surface area contributed by atoms with E-state index in [-0.39, 0.29) is 11.7 Å². The molecule has 2 aliphatic heterocycles. The van der Waals surface area contributed by atoms with Crippen LogP contribution in [-0.2, 0) is 14.3 Å². The summed E-state index contributed by atoms with van der Waals surface area (Å²) < 4.78 is 75.6. The smallest absolute Gasteiger partial charge is 0.475 e. The number of carboxylic acids is 2. The molecule has 4 rings (SSSR count). The van der Waals surface area contributed by atoms with Gasteiger partial charge in [-0.25, -0.2) is 14.6 Å². The van der Waals surface area contributed by atoms with Crippen molar-refractivity contribution in [1.82, 2.24) is 9.88 Å². The number of aromatic nitrogens is 1. The lowest BCUT2D eigenvalue weighted by Gasteiger charge is -2.55. The zero-order valence-corrected chi connectivity index (χ0v) is 18.5. The molecule has 0 aromatic carbocycles. The standard InChI is InChI=1S/C17H24N2O2.2C2HF3O2/c1-2-6-14(5-1)19-12-17(13-19)11-15(8-10-20-17)21-16-7-3-4-9-18-16;2*3-2(4,5)1(6)7/h3-4,7,9,14-15H,1-2,5-6,8,10-13H2;2*(H,6,7). The van der Waals surface area contributed by atoms with Crippen LogP contribution < -0.4 is 4.74 Å². The van der Waals surface area contributed by atoms with Crippen molar-refractivity contribution in [3.63, 3.8) is 0 Å². The van der Waals surface area contributed by atoms with E-state index in [4.69, 9.17) is 29.3 Å². The number of carbonyl (C=O) groups is 2. The van der Waals surface area contributed by atoms with Gasteiger partial charge >= 0.3 is 24.3 Å². The summed E-state index contributed by atoms with van der Waals surface area (Å²) in [6, 6.07) is 6.65. The highest BCUT2D eigenvalue weighted by Crippen LogP contribution is 2.39. The Balaban J connectivity index is 0.000000257. The summed E-state index contributed by atoms with van der Waals surface area (Å²) in [4.78, 5) is 24.7. The van der Waals surface area contributed by atoms with E-state index in [1.807, 2.05) is 18.2 Å². The van der Waals surface area contributed by atoms with E-state index in [0.717, 1.165) is 44.5 Å². The molecule has 3 fully saturated rings. The minimum Gasteiger partial charge on any atom is -0.475 e. The molecule has 8 nitrogen and oxygen atoms in total. The molecule has 1 aromatic rings. The van der Waals surface area contributed by atoms with Gasteiger partial charge in [0.05, 0.1) is 12.2 Å². The lowest BCUT2D eigenvalue weighted by molar-refractivity contribution is -0.194. The zero-order chi connectivity index (χ0) is 26.3. The van der Waals surface area contributed by atoms with Crippen LogP contribution in [0.25, 0.3) is 0 Å². The SMILES string of the molecule is O=C(O)C(F)(F)F.O=C(O)C(F)(F)F.c1ccc(OC2CCOC3(C2)CN(C2CCCC2)C3)nc1.